The number of benzene rings is 2. The van der Waals surface area contributed by atoms with Crippen LogP contribution < -0.4 is 15.9 Å². The zero-order valence-electron chi connectivity index (χ0n) is 12.7. The van der Waals surface area contributed by atoms with Gasteiger partial charge in [-0.3, -0.25) is 4.99 Å². The molecule has 122 valence electrons. The highest BCUT2D eigenvalue weighted by molar-refractivity contribution is 6.32. The quantitative estimate of drug-likeness (QED) is 0.876. The van der Waals surface area contributed by atoms with E-state index >= 15 is 0 Å². The van der Waals surface area contributed by atoms with Gasteiger partial charge in [0, 0.05) is 18.1 Å². The molecule has 2 aromatic carbocycles. The van der Waals surface area contributed by atoms with Gasteiger partial charge in [0.05, 0.1) is 5.84 Å². The maximum Gasteiger partial charge on any atom is 0.387 e. The molecule has 0 amide bonds. The molecule has 2 radical (unpaired) electrons. The van der Waals surface area contributed by atoms with Crippen LogP contribution in [0.5, 0.6) is 5.75 Å². The van der Waals surface area contributed by atoms with E-state index in [-0.39, 0.29) is 11.3 Å². The molecule has 0 spiro atoms. The third kappa shape index (κ3) is 2.98. The van der Waals surface area contributed by atoms with Gasteiger partial charge in [-0.15, -0.1) is 0 Å². The van der Waals surface area contributed by atoms with Crippen LogP contribution in [0.4, 0.5) is 13.2 Å². The van der Waals surface area contributed by atoms with Crippen LogP contribution in [0, 0.1) is 5.82 Å². The average molecular weight is 330 g/mol. The second-order valence-corrected chi connectivity index (χ2v) is 5.61. The Labute approximate surface area is 138 Å². The van der Waals surface area contributed by atoms with E-state index < -0.39 is 18.0 Å². The van der Waals surface area contributed by atoms with Crippen LogP contribution in [0.25, 0.3) is 0 Å². The van der Waals surface area contributed by atoms with Crippen molar-refractivity contribution in [2.75, 3.05) is 0 Å². The molecule has 1 heterocycles. The number of hydrogen-bond donors (Lipinski definition) is 1. The second-order valence-electron chi connectivity index (χ2n) is 5.61. The standard InChI is InChI=1S/C17H14BF3N2O/c18-11-3-1-2-10(8-11)17(7-6-15(22)23-17)13-5-4-12(9-14(13)19)24-16(20)21/h1-5,8-9,16H,6-7H2,(H2,22,23). The molecule has 0 saturated carbocycles. The zero-order chi connectivity index (χ0) is 17.3. The lowest BCUT2D eigenvalue weighted by Crippen LogP contribution is -2.26. The Morgan fingerprint density at radius 2 is 2.00 bits per heavy atom. The van der Waals surface area contributed by atoms with Gasteiger partial charge in [0.25, 0.3) is 0 Å². The van der Waals surface area contributed by atoms with Gasteiger partial charge < -0.3 is 10.5 Å². The Bertz CT molecular complexity index is 797. The van der Waals surface area contributed by atoms with Gasteiger partial charge in [0.2, 0.25) is 0 Å². The molecule has 0 saturated heterocycles. The first-order chi connectivity index (χ1) is 11.4. The number of amidine groups is 1. The van der Waals surface area contributed by atoms with E-state index in [2.05, 4.69) is 9.73 Å². The van der Waals surface area contributed by atoms with Crippen molar-refractivity contribution >= 4 is 19.1 Å². The predicted molar refractivity (Wildman–Crippen MR) is 86.5 cm³/mol. The molecule has 1 aliphatic rings. The Hall–Kier alpha value is -2.44. The Kier molecular flexibility index (Phi) is 4.26. The van der Waals surface area contributed by atoms with Crippen molar-refractivity contribution in [1.29, 1.82) is 0 Å². The smallest absolute Gasteiger partial charge is 0.387 e. The number of rotatable bonds is 4. The number of nitrogens with zero attached hydrogens (tertiary/aromatic N) is 1. The van der Waals surface area contributed by atoms with Gasteiger partial charge in [-0.05, 0) is 24.1 Å². The van der Waals surface area contributed by atoms with Crippen molar-refractivity contribution < 1.29 is 17.9 Å². The molecule has 1 aliphatic heterocycles. The van der Waals surface area contributed by atoms with Crippen LogP contribution in [-0.2, 0) is 5.54 Å². The monoisotopic (exact) mass is 330 g/mol. The SMILES string of the molecule is [B]c1cccc(C2(c3ccc(OC(F)F)cc3F)CCC(N)=N2)c1. The summed E-state index contributed by atoms with van der Waals surface area (Å²) in [6.45, 7) is -3.02. The molecule has 0 aliphatic carbocycles. The minimum atomic E-state index is -3.02. The summed E-state index contributed by atoms with van der Waals surface area (Å²) in [5.74, 6) is -0.525. The van der Waals surface area contributed by atoms with Crippen molar-refractivity contribution in [3.8, 4) is 5.75 Å². The molecule has 1 atom stereocenters. The summed E-state index contributed by atoms with van der Waals surface area (Å²) in [6.07, 6.45) is 0.970. The molecule has 2 N–H and O–H groups in total. The van der Waals surface area contributed by atoms with Gasteiger partial charge in [-0.25, -0.2) is 4.39 Å². The zero-order valence-corrected chi connectivity index (χ0v) is 12.7. The summed E-state index contributed by atoms with van der Waals surface area (Å²) in [7, 11) is 5.84. The number of alkyl halides is 2. The van der Waals surface area contributed by atoms with Crippen LogP contribution >= 0.6 is 0 Å². The van der Waals surface area contributed by atoms with Crippen molar-refractivity contribution in [1.82, 2.24) is 0 Å². The number of halogens is 3. The van der Waals surface area contributed by atoms with Crippen LogP contribution in [0.3, 0.4) is 0 Å². The molecule has 24 heavy (non-hydrogen) atoms. The van der Waals surface area contributed by atoms with E-state index in [9.17, 15) is 13.2 Å². The molecule has 3 rings (SSSR count). The molecule has 0 bridgehead atoms. The third-order valence-electron chi connectivity index (χ3n) is 4.05. The molecular formula is C17H14BF3N2O. The summed E-state index contributed by atoms with van der Waals surface area (Å²) in [6, 6.07) is 10.6. The van der Waals surface area contributed by atoms with E-state index in [0.29, 0.717) is 29.7 Å². The summed E-state index contributed by atoms with van der Waals surface area (Å²) in [4.78, 5) is 4.46. The van der Waals surface area contributed by atoms with E-state index in [1.165, 1.54) is 12.1 Å². The topological polar surface area (TPSA) is 47.6 Å². The first-order valence-corrected chi connectivity index (χ1v) is 7.36. The van der Waals surface area contributed by atoms with Crippen LogP contribution in [0.2, 0.25) is 0 Å². The van der Waals surface area contributed by atoms with Crippen molar-refractivity contribution in [3.05, 3.63) is 59.4 Å². The highest BCUT2D eigenvalue weighted by Gasteiger charge is 2.40. The summed E-state index contributed by atoms with van der Waals surface area (Å²) in [5, 5.41) is 0. The van der Waals surface area contributed by atoms with Crippen molar-refractivity contribution in [2.45, 2.75) is 25.0 Å². The number of ether oxygens (including phenoxy) is 1. The fraction of sp³-hybridized carbons (Fsp3) is 0.235. The Balaban J connectivity index is 2.11. The van der Waals surface area contributed by atoms with E-state index in [0.717, 1.165) is 6.07 Å². The van der Waals surface area contributed by atoms with Crippen LogP contribution in [-0.4, -0.2) is 20.3 Å². The minimum Gasteiger partial charge on any atom is -0.435 e. The van der Waals surface area contributed by atoms with Crippen molar-refractivity contribution in [2.24, 2.45) is 10.7 Å². The Morgan fingerprint density at radius 1 is 1.21 bits per heavy atom. The summed E-state index contributed by atoms with van der Waals surface area (Å²) in [5.41, 5.74) is 6.28. The molecule has 0 fully saturated rings. The van der Waals surface area contributed by atoms with E-state index in [1.54, 1.807) is 24.3 Å². The molecule has 0 aromatic heterocycles. The van der Waals surface area contributed by atoms with Gasteiger partial charge in [0.15, 0.2) is 0 Å². The Morgan fingerprint density at radius 3 is 2.58 bits per heavy atom. The normalized spacial score (nSPS) is 20.2. The molecule has 1 unspecified atom stereocenters. The van der Waals surface area contributed by atoms with Crippen LogP contribution in [0.15, 0.2) is 47.5 Å². The predicted octanol–water partition coefficient (Wildman–Crippen LogP) is 2.62. The lowest BCUT2D eigenvalue weighted by atomic mass is 9.79. The van der Waals surface area contributed by atoms with Gasteiger partial charge >= 0.3 is 6.61 Å². The number of hydrogen-bond acceptors (Lipinski definition) is 3. The fourth-order valence-corrected chi connectivity index (χ4v) is 3.03. The summed E-state index contributed by atoms with van der Waals surface area (Å²) >= 11 is 0. The summed E-state index contributed by atoms with van der Waals surface area (Å²) < 4.78 is 43.5. The van der Waals surface area contributed by atoms with Gasteiger partial charge in [-0.1, -0.05) is 29.7 Å². The largest absolute Gasteiger partial charge is 0.435 e. The number of aliphatic imine (C=N–C) groups is 1. The van der Waals surface area contributed by atoms with Crippen LogP contribution in [0.1, 0.15) is 24.0 Å². The van der Waals surface area contributed by atoms with Gasteiger partial charge in [0.1, 0.15) is 25.0 Å². The molecule has 7 heteroatoms. The number of nitrogens with two attached hydrogens (primary N) is 1. The maximum atomic E-state index is 14.6. The minimum absolute atomic E-state index is 0.246. The van der Waals surface area contributed by atoms with E-state index in [1.807, 2.05) is 0 Å². The van der Waals surface area contributed by atoms with E-state index in [4.69, 9.17) is 13.6 Å². The lowest BCUT2D eigenvalue weighted by molar-refractivity contribution is -0.0500. The highest BCUT2D eigenvalue weighted by Crippen LogP contribution is 2.43. The van der Waals surface area contributed by atoms with Gasteiger partial charge in [-0.2, -0.15) is 8.78 Å². The first-order valence-electron chi connectivity index (χ1n) is 7.36. The molecule has 3 nitrogen and oxygen atoms in total. The fourth-order valence-electron chi connectivity index (χ4n) is 3.03. The highest BCUT2D eigenvalue weighted by atomic mass is 19.3. The maximum absolute atomic E-state index is 14.6. The first kappa shape index (κ1) is 16.4. The third-order valence-corrected chi connectivity index (χ3v) is 4.05. The second kappa shape index (κ2) is 6.22. The van der Waals surface area contributed by atoms with Crippen molar-refractivity contribution in [3.63, 3.8) is 0 Å². The molecule has 2 aromatic rings. The molecular weight excluding hydrogens is 316 g/mol. The lowest BCUT2D eigenvalue weighted by Gasteiger charge is -2.28. The average Bonchev–Trinajstić information content (AvgIpc) is 2.90.